The molecule has 0 unspecified atom stereocenters. The van der Waals surface area contributed by atoms with Crippen LogP contribution in [0.1, 0.15) is 59.3 Å². The summed E-state index contributed by atoms with van der Waals surface area (Å²) >= 11 is 0. The van der Waals surface area contributed by atoms with Crippen LogP contribution in [0.3, 0.4) is 0 Å². The molecular formula is C20H30N4O2. The molecular weight excluding hydrogens is 328 g/mol. The van der Waals surface area contributed by atoms with Gasteiger partial charge in [0.2, 0.25) is 11.8 Å². The predicted molar refractivity (Wildman–Crippen MR) is 104 cm³/mol. The highest BCUT2D eigenvalue weighted by molar-refractivity contribution is 5.82. The summed E-state index contributed by atoms with van der Waals surface area (Å²) < 4.78 is 0. The summed E-state index contributed by atoms with van der Waals surface area (Å²) in [5, 5.41) is 5.88. The number of aromatic nitrogens is 2. The van der Waals surface area contributed by atoms with E-state index < -0.39 is 5.41 Å². The number of amides is 2. The monoisotopic (exact) mass is 358 g/mol. The van der Waals surface area contributed by atoms with Crippen LogP contribution in [0, 0.1) is 11.3 Å². The number of nitrogens with zero attached hydrogens (tertiary/aromatic N) is 1. The van der Waals surface area contributed by atoms with E-state index in [4.69, 9.17) is 0 Å². The summed E-state index contributed by atoms with van der Waals surface area (Å²) in [5.41, 5.74) is 1.40. The first kappa shape index (κ1) is 19.9. The molecule has 26 heavy (non-hydrogen) atoms. The van der Waals surface area contributed by atoms with Crippen LogP contribution in [-0.2, 0) is 9.59 Å². The number of fused-ring (bicyclic) bond motifs is 1. The Hall–Kier alpha value is -2.37. The largest absolute Gasteiger partial charge is 0.355 e. The van der Waals surface area contributed by atoms with Crippen molar-refractivity contribution in [3.05, 3.63) is 30.1 Å². The molecule has 2 amide bonds. The number of para-hydroxylation sites is 2. The van der Waals surface area contributed by atoms with E-state index in [1.165, 1.54) is 0 Å². The molecule has 0 saturated carbocycles. The number of carbonyl (C=O) groups excluding carboxylic acids is 2. The van der Waals surface area contributed by atoms with Crippen molar-refractivity contribution in [2.45, 2.75) is 53.5 Å². The van der Waals surface area contributed by atoms with E-state index in [1.807, 2.05) is 45.0 Å². The lowest BCUT2D eigenvalue weighted by atomic mass is 9.96. The molecule has 1 aromatic heterocycles. The Bertz CT molecular complexity index is 728. The molecule has 0 bridgehead atoms. The number of hydrogen-bond donors (Lipinski definition) is 3. The van der Waals surface area contributed by atoms with Crippen LogP contribution in [0.5, 0.6) is 0 Å². The predicted octanol–water partition coefficient (Wildman–Crippen LogP) is 3.32. The quantitative estimate of drug-likeness (QED) is 0.709. The van der Waals surface area contributed by atoms with Gasteiger partial charge in [-0.05, 0) is 18.1 Å². The third kappa shape index (κ3) is 5.07. The topological polar surface area (TPSA) is 86.9 Å². The fourth-order valence-corrected chi connectivity index (χ4v) is 2.64. The zero-order valence-corrected chi connectivity index (χ0v) is 16.3. The zero-order valence-electron chi connectivity index (χ0n) is 16.3. The average molecular weight is 358 g/mol. The number of imidazole rings is 1. The number of benzene rings is 1. The van der Waals surface area contributed by atoms with Gasteiger partial charge < -0.3 is 15.6 Å². The van der Waals surface area contributed by atoms with E-state index in [0.29, 0.717) is 6.54 Å². The van der Waals surface area contributed by atoms with Gasteiger partial charge in [0.25, 0.3) is 0 Å². The summed E-state index contributed by atoms with van der Waals surface area (Å²) in [5.74, 6) is 0.863. The highest BCUT2D eigenvalue weighted by Crippen LogP contribution is 2.24. The van der Waals surface area contributed by atoms with E-state index in [0.717, 1.165) is 23.3 Å². The van der Waals surface area contributed by atoms with E-state index in [-0.39, 0.29) is 30.2 Å². The van der Waals surface area contributed by atoms with Crippen molar-refractivity contribution < 1.29 is 9.59 Å². The van der Waals surface area contributed by atoms with Gasteiger partial charge >= 0.3 is 0 Å². The van der Waals surface area contributed by atoms with Crippen molar-refractivity contribution in [2.75, 3.05) is 6.54 Å². The molecule has 3 N–H and O–H groups in total. The number of nitrogens with one attached hydrogen (secondary N) is 3. The Morgan fingerprint density at radius 3 is 2.54 bits per heavy atom. The second-order valence-electron chi connectivity index (χ2n) is 7.83. The second kappa shape index (κ2) is 8.34. The summed E-state index contributed by atoms with van der Waals surface area (Å²) in [4.78, 5) is 32.2. The van der Waals surface area contributed by atoms with Gasteiger partial charge in [-0.3, -0.25) is 9.59 Å². The third-order valence-corrected chi connectivity index (χ3v) is 4.55. The molecule has 0 aliphatic carbocycles. The van der Waals surface area contributed by atoms with Gasteiger partial charge in [0, 0.05) is 18.4 Å². The highest BCUT2D eigenvalue weighted by Gasteiger charge is 2.24. The SMILES string of the molecule is CC[C@H](C)[C@H](NC(=O)CCNC(=O)C(C)(C)C)c1nc2ccccc2[nH]1. The van der Waals surface area contributed by atoms with Crippen molar-refractivity contribution in [2.24, 2.45) is 11.3 Å². The molecule has 0 spiro atoms. The third-order valence-electron chi connectivity index (χ3n) is 4.55. The first-order valence-electron chi connectivity index (χ1n) is 9.24. The lowest BCUT2D eigenvalue weighted by Crippen LogP contribution is -2.38. The molecule has 2 aromatic rings. The molecule has 0 aliphatic rings. The van der Waals surface area contributed by atoms with E-state index in [2.05, 4.69) is 34.4 Å². The zero-order chi connectivity index (χ0) is 19.3. The molecule has 142 valence electrons. The molecule has 0 saturated heterocycles. The van der Waals surface area contributed by atoms with Crippen molar-refractivity contribution >= 4 is 22.8 Å². The number of H-pyrrole nitrogens is 1. The molecule has 0 radical (unpaired) electrons. The van der Waals surface area contributed by atoms with Crippen LogP contribution in [0.4, 0.5) is 0 Å². The van der Waals surface area contributed by atoms with Crippen LogP contribution in [0.15, 0.2) is 24.3 Å². The fraction of sp³-hybridized carbons (Fsp3) is 0.550. The highest BCUT2D eigenvalue weighted by atomic mass is 16.2. The number of hydrogen-bond acceptors (Lipinski definition) is 3. The maximum absolute atomic E-state index is 12.4. The van der Waals surface area contributed by atoms with Crippen LogP contribution in [0.25, 0.3) is 11.0 Å². The molecule has 0 fully saturated rings. The molecule has 1 aromatic carbocycles. The van der Waals surface area contributed by atoms with Crippen LogP contribution < -0.4 is 10.6 Å². The summed E-state index contributed by atoms with van der Waals surface area (Å²) in [6.07, 6.45) is 1.16. The van der Waals surface area contributed by atoms with Crippen molar-refractivity contribution in [1.82, 2.24) is 20.6 Å². The Kier molecular flexibility index (Phi) is 6.40. The molecule has 2 rings (SSSR count). The molecule has 6 heteroatoms. The maximum atomic E-state index is 12.4. The standard InChI is InChI=1S/C20H30N4O2/c1-6-13(2)17(18-22-14-9-7-8-10-15(14)23-18)24-16(25)11-12-21-19(26)20(3,4)5/h7-10,13,17H,6,11-12H2,1-5H3,(H,21,26)(H,22,23)(H,24,25)/t13-,17-/m0/s1. The van der Waals surface area contributed by atoms with Gasteiger partial charge in [-0.25, -0.2) is 4.98 Å². The van der Waals surface area contributed by atoms with Gasteiger partial charge in [-0.1, -0.05) is 53.2 Å². The minimum absolute atomic E-state index is 0.0546. The van der Waals surface area contributed by atoms with Crippen LogP contribution >= 0.6 is 0 Å². The molecule has 6 nitrogen and oxygen atoms in total. The Balaban J connectivity index is 2.01. The number of carbonyl (C=O) groups is 2. The molecule has 0 aliphatic heterocycles. The molecule has 1 heterocycles. The minimum Gasteiger partial charge on any atom is -0.355 e. The van der Waals surface area contributed by atoms with Crippen molar-refractivity contribution in [3.63, 3.8) is 0 Å². The number of aromatic amines is 1. The normalized spacial score (nSPS) is 14.0. The van der Waals surface area contributed by atoms with Gasteiger partial charge in [0.05, 0.1) is 17.1 Å². The van der Waals surface area contributed by atoms with Crippen molar-refractivity contribution in [1.29, 1.82) is 0 Å². The summed E-state index contributed by atoms with van der Waals surface area (Å²) in [7, 11) is 0. The van der Waals surface area contributed by atoms with E-state index in [9.17, 15) is 9.59 Å². The van der Waals surface area contributed by atoms with E-state index >= 15 is 0 Å². The second-order valence-corrected chi connectivity index (χ2v) is 7.83. The van der Waals surface area contributed by atoms with E-state index in [1.54, 1.807) is 0 Å². The average Bonchev–Trinajstić information content (AvgIpc) is 3.01. The fourth-order valence-electron chi connectivity index (χ4n) is 2.64. The lowest BCUT2D eigenvalue weighted by Gasteiger charge is -2.23. The van der Waals surface area contributed by atoms with Crippen LogP contribution in [-0.4, -0.2) is 28.3 Å². The van der Waals surface area contributed by atoms with Gasteiger partial charge in [0.1, 0.15) is 5.82 Å². The van der Waals surface area contributed by atoms with Gasteiger partial charge in [0.15, 0.2) is 0 Å². The number of rotatable bonds is 7. The van der Waals surface area contributed by atoms with Gasteiger partial charge in [-0.2, -0.15) is 0 Å². The Morgan fingerprint density at radius 2 is 1.92 bits per heavy atom. The Morgan fingerprint density at radius 1 is 1.23 bits per heavy atom. The lowest BCUT2D eigenvalue weighted by molar-refractivity contribution is -0.128. The maximum Gasteiger partial charge on any atom is 0.225 e. The minimum atomic E-state index is -0.454. The van der Waals surface area contributed by atoms with Gasteiger partial charge in [-0.15, -0.1) is 0 Å². The summed E-state index contributed by atoms with van der Waals surface area (Å²) in [6.45, 7) is 10.1. The summed E-state index contributed by atoms with van der Waals surface area (Å²) in [6, 6.07) is 7.65. The van der Waals surface area contributed by atoms with Crippen molar-refractivity contribution in [3.8, 4) is 0 Å². The molecule has 2 atom stereocenters. The smallest absolute Gasteiger partial charge is 0.225 e. The first-order valence-corrected chi connectivity index (χ1v) is 9.24. The van der Waals surface area contributed by atoms with Crippen LogP contribution in [0.2, 0.25) is 0 Å². The Labute approximate surface area is 155 Å². The first-order chi connectivity index (χ1) is 12.2.